The fourth-order valence-corrected chi connectivity index (χ4v) is 2.95. The number of aryl methyl sites for hydroxylation is 1. The van der Waals surface area contributed by atoms with Crippen molar-refractivity contribution < 1.29 is 4.52 Å². The third kappa shape index (κ3) is 5.67. The fourth-order valence-electron chi connectivity index (χ4n) is 2.95. The Morgan fingerprint density at radius 1 is 1.04 bits per heavy atom. The first-order valence-electron chi connectivity index (χ1n) is 9.07. The molecule has 0 aliphatic rings. The molecule has 6 nitrogen and oxygen atoms in total. The van der Waals surface area contributed by atoms with Gasteiger partial charge in [0.2, 0.25) is 5.89 Å². The quantitative estimate of drug-likeness (QED) is 0.498. The number of hydrogen-bond acceptors (Lipinski definition) is 4. The van der Waals surface area contributed by atoms with Crippen molar-refractivity contribution in [3.63, 3.8) is 0 Å². The molecule has 1 unspecified atom stereocenters. The van der Waals surface area contributed by atoms with Gasteiger partial charge in [0.1, 0.15) is 0 Å². The maximum atomic E-state index is 4.99. The average Bonchev–Trinajstić information content (AvgIpc) is 3.13. The predicted molar refractivity (Wildman–Crippen MR) is 107 cm³/mol. The maximum Gasteiger partial charge on any atom is 0.223 e. The zero-order valence-electron chi connectivity index (χ0n) is 15.7. The molecule has 0 radical (unpaired) electrons. The molecule has 0 aliphatic carbocycles. The first kappa shape index (κ1) is 18.6. The van der Waals surface area contributed by atoms with Gasteiger partial charge in [0, 0.05) is 26.4 Å². The molecule has 1 atom stereocenters. The zero-order valence-corrected chi connectivity index (χ0v) is 15.7. The van der Waals surface area contributed by atoms with Crippen LogP contribution in [0.1, 0.15) is 28.8 Å². The Bertz CT molecular complexity index is 845. The summed E-state index contributed by atoms with van der Waals surface area (Å²) in [5.41, 5.74) is 2.62. The van der Waals surface area contributed by atoms with Crippen LogP contribution < -0.4 is 10.6 Å². The van der Waals surface area contributed by atoms with Crippen LogP contribution in [0.15, 0.2) is 70.2 Å². The van der Waals surface area contributed by atoms with Crippen LogP contribution in [0.3, 0.4) is 0 Å². The minimum Gasteiger partial charge on any atom is -0.356 e. The summed E-state index contributed by atoms with van der Waals surface area (Å²) < 4.78 is 4.99. The predicted octanol–water partition coefficient (Wildman–Crippen LogP) is 3.07. The van der Waals surface area contributed by atoms with E-state index in [1.165, 1.54) is 11.1 Å². The van der Waals surface area contributed by atoms with Gasteiger partial charge in [-0.05, 0) is 17.5 Å². The molecule has 1 aromatic heterocycles. The number of nitrogens with one attached hydrogen (secondary N) is 2. The van der Waals surface area contributed by atoms with Crippen LogP contribution in [0.4, 0.5) is 0 Å². The van der Waals surface area contributed by atoms with Crippen LogP contribution in [0.2, 0.25) is 0 Å². The van der Waals surface area contributed by atoms with Crippen LogP contribution in [0.5, 0.6) is 0 Å². The number of nitrogens with zero attached hydrogens (tertiary/aromatic N) is 3. The summed E-state index contributed by atoms with van der Waals surface area (Å²) >= 11 is 0. The van der Waals surface area contributed by atoms with Crippen LogP contribution in [0, 0.1) is 6.92 Å². The molecule has 0 saturated heterocycles. The average molecular weight is 363 g/mol. The zero-order chi connectivity index (χ0) is 18.9. The van der Waals surface area contributed by atoms with E-state index in [0.29, 0.717) is 30.1 Å². The van der Waals surface area contributed by atoms with E-state index in [0.717, 1.165) is 13.0 Å². The molecule has 2 N–H and O–H groups in total. The van der Waals surface area contributed by atoms with Crippen molar-refractivity contribution in [2.75, 3.05) is 13.6 Å². The highest BCUT2D eigenvalue weighted by Gasteiger charge is 2.13. The minimum absolute atomic E-state index is 0.333. The molecule has 0 saturated carbocycles. The maximum absolute atomic E-state index is 4.99. The lowest BCUT2D eigenvalue weighted by Gasteiger charge is -2.20. The normalized spacial score (nSPS) is 12.6. The monoisotopic (exact) mass is 363 g/mol. The highest BCUT2D eigenvalue weighted by Crippen LogP contribution is 2.20. The second kappa shape index (κ2) is 9.52. The Hall–Kier alpha value is -3.15. The SMILES string of the molecule is CN=C(NCc1noc(C)n1)NCC(Cc1ccccc1)c1ccccc1. The summed E-state index contributed by atoms with van der Waals surface area (Å²) in [4.78, 5) is 8.48. The summed E-state index contributed by atoms with van der Waals surface area (Å²) in [6.45, 7) is 3.01. The summed E-state index contributed by atoms with van der Waals surface area (Å²) in [6.07, 6.45) is 0.957. The van der Waals surface area contributed by atoms with Crippen LogP contribution >= 0.6 is 0 Å². The summed E-state index contributed by atoms with van der Waals surface area (Å²) in [7, 11) is 1.76. The van der Waals surface area contributed by atoms with Crippen molar-refractivity contribution in [1.82, 2.24) is 20.8 Å². The second-order valence-electron chi connectivity index (χ2n) is 6.33. The van der Waals surface area contributed by atoms with Crippen LogP contribution in [0.25, 0.3) is 0 Å². The van der Waals surface area contributed by atoms with Gasteiger partial charge in [-0.15, -0.1) is 0 Å². The summed E-state index contributed by atoms with van der Waals surface area (Å²) in [5.74, 6) is 2.21. The molecular weight excluding hydrogens is 338 g/mol. The molecule has 0 fully saturated rings. The number of hydrogen-bond donors (Lipinski definition) is 2. The minimum atomic E-state index is 0.333. The molecule has 0 spiro atoms. The Morgan fingerprint density at radius 3 is 2.37 bits per heavy atom. The molecule has 27 heavy (non-hydrogen) atoms. The van der Waals surface area contributed by atoms with Crippen molar-refractivity contribution in [1.29, 1.82) is 0 Å². The van der Waals surface area contributed by atoms with Gasteiger partial charge in [-0.3, -0.25) is 4.99 Å². The van der Waals surface area contributed by atoms with E-state index in [9.17, 15) is 0 Å². The molecule has 6 heteroatoms. The summed E-state index contributed by atoms with van der Waals surface area (Å²) in [5, 5.41) is 10.5. The summed E-state index contributed by atoms with van der Waals surface area (Å²) in [6, 6.07) is 21.1. The molecule has 140 valence electrons. The molecule has 1 heterocycles. The molecule has 0 amide bonds. The Balaban J connectivity index is 1.62. The van der Waals surface area contributed by atoms with Crippen molar-refractivity contribution in [2.24, 2.45) is 4.99 Å². The van der Waals surface area contributed by atoms with E-state index < -0.39 is 0 Å². The molecule has 3 aromatic rings. The topological polar surface area (TPSA) is 75.3 Å². The third-order valence-corrected chi connectivity index (χ3v) is 4.32. The van der Waals surface area contributed by atoms with Gasteiger partial charge >= 0.3 is 0 Å². The first-order chi connectivity index (χ1) is 13.2. The van der Waals surface area contributed by atoms with E-state index in [1.807, 2.05) is 12.1 Å². The number of aromatic nitrogens is 2. The first-order valence-corrected chi connectivity index (χ1v) is 9.07. The Kier molecular flexibility index (Phi) is 6.57. The third-order valence-electron chi connectivity index (χ3n) is 4.32. The highest BCUT2D eigenvalue weighted by atomic mass is 16.5. The van der Waals surface area contributed by atoms with Gasteiger partial charge < -0.3 is 15.2 Å². The molecule has 3 rings (SSSR count). The van der Waals surface area contributed by atoms with Crippen molar-refractivity contribution >= 4 is 5.96 Å². The van der Waals surface area contributed by atoms with Gasteiger partial charge in [0.15, 0.2) is 11.8 Å². The van der Waals surface area contributed by atoms with E-state index >= 15 is 0 Å². The van der Waals surface area contributed by atoms with Crippen molar-refractivity contribution in [3.8, 4) is 0 Å². The van der Waals surface area contributed by atoms with Crippen molar-refractivity contribution in [3.05, 3.63) is 83.5 Å². The lowest BCUT2D eigenvalue weighted by atomic mass is 9.92. The van der Waals surface area contributed by atoms with Gasteiger partial charge in [-0.25, -0.2) is 0 Å². The fraction of sp³-hybridized carbons (Fsp3) is 0.286. The number of rotatable bonds is 7. The molecular formula is C21H25N5O. The Morgan fingerprint density at radius 2 is 1.74 bits per heavy atom. The molecule has 0 bridgehead atoms. The lowest BCUT2D eigenvalue weighted by Crippen LogP contribution is -2.39. The largest absolute Gasteiger partial charge is 0.356 e. The Labute approximate surface area is 159 Å². The van der Waals surface area contributed by atoms with E-state index in [4.69, 9.17) is 4.52 Å². The highest BCUT2D eigenvalue weighted by molar-refractivity contribution is 5.79. The second-order valence-corrected chi connectivity index (χ2v) is 6.33. The number of aliphatic imine (C=N–C) groups is 1. The van der Waals surface area contributed by atoms with Gasteiger partial charge in [-0.2, -0.15) is 4.98 Å². The van der Waals surface area contributed by atoms with E-state index in [-0.39, 0.29) is 0 Å². The smallest absolute Gasteiger partial charge is 0.223 e. The standard InChI is InChI=1S/C21H25N5O/c1-16-25-20(26-27-16)15-24-21(22-2)23-14-19(18-11-7-4-8-12-18)13-17-9-5-3-6-10-17/h3-12,19H,13-15H2,1-2H3,(H2,22,23,24). The van der Waals surface area contributed by atoms with E-state index in [2.05, 4.69) is 74.3 Å². The lowest BCUT2D eigenvalue weighted by molar-refractivity contribution is 0.386. The van der Waals surface area contributed by atoms with Gasteiger partial charge in [0.25, 0.3) is 0 Å². The van der Waals surface area contributed by atoms with Gasteiger partial charge in [0.05, 0.1) is 6.54 Å². The van der Waals surface area contributed by atoms with Crippen LogP contribution in [-0.4, -0.2) is 29.7 Å². The number of benzene rings is 2. The number of guanidine groups is 1. The van der Waals surface area contributed by atoms with Crippen molar-refractivity contribution in [2.45, 2.75) is 25.8 Å². The van der Waals surface area contributed by atoms with Gasteiger partial charge in [-0.1, -0.05) is 65.8 Å². The van der Waals surface area contributed by atoms with E-state index in [1.54, 1.807) is 14.0 Å². The molecule has 0 aliphatic heterocycles. The van der Waals surface area contributed by atoms with Crippen LogP contribution in [-0.2, 0) is 13.0 Å². The molecule has 2 aromatic carbocycles.